The van der Waals surface area contributed by atoms with Gasteiger partial charge in [0, 0.05) is 25.2 Å². The molecule has 4 bridgehead atoms. The number of thiophene rings is 1. The van der Waals surface area contributed by atoms with Crippen LogP contribution in [0.15, 0.2) is 60.7 Å². The van der Waals surface area contributed by atoms with E-state index in [2.05, 4.69) is 54.6 Å². The lowest BCUT2D eigenvalue weighted by atomic mass is 9.48. The Bertz CT molecular complexity index is 1310. The van der Waals surface area contributed by atoms with Crippen LogP contribution in [-0.2, 0) is 5.60 Å². The maximum Gasteiger partial charge on any atom is 0.0958 e. The SMILES string of the molecule is OC1(c2ccccc2-c2ccc3c(c2)sc2cc(Cl)ccc23)C2CC3CC(C2)CC1C3. The van der Waals surface area contributed by atoms with Crippen molar-refractivity contribution in [3.05, 3.63) is 71.2 Å². The van der Waals surface area contributed by atoms with Crippen LogP contribution < -0.4 is 0 Å². The summed E-state index contributed by atoms with van der Waals surface area (Å²) in [5.41, 5.74) is 2.90. The van der Waals surface area contributed by atoms with Crippen LogP contribution in [0, 0.1) is 23.7 Å². The minimum atomic E-state index is -0.674. The van der Waals surface area contributed by atoms with E-state index in [-0.39, 0.29) is 0 Å². The van der Waals surface area contributed by atoms with Crippen molar-refractivity contribution in [3.63, 3.8) is 0 Å². The minimum absolute atomic E-state index is 0.417. The molecule has 8 rings (SSSR count). The molecule has 3 aromatic carbocycles. The molecule has 0 saturated heterocycles. The van der Waals surface area contributed by atoms with Crippen molar-refractivity contribution >= 4 is 43.1 Å². The monoisotopic (exact) mass is 444 g/mol. The second kappa shape index (κ2) is 6.57. The van der Waals surface area contributed by atoms with E-state index in [1.807, 2.05) is 6.07 Å². The molecule has 0 radical (unpaired) electrons. The Morgan fingerprint density at radius 1 is 0.774 bits per heavy atom. The molecule has 0 amide bonds. The third-order valence-corrected chi connectivity index (χ3v) is 9.84. The molecule has 0 unspecified atom stereocenters. The van der Waals surface area contributed by atoms with Crippen molar-refractivity contribution < 1.29 is 5.11 Å². The average Bonchev–Trinajstić information content (AvgIpc) is 3.13. The van der Waals surface area contributed by atoms with Crippen LogP contribution in [0.3, 0.4) is 0 Å². The van der Waals surface area contributed by atoms with Gasteiger partial charge < -0.3 is 5.11 Å². The van der Waals surface area contributed by atoms with Gasteiger partial charge in [0.1, 0.15) is 0 Å². The fourth-order valence-corrected chi connectivity index (χ4v) is 8.77. The van der Waals surface area contributed by atoms with E-state index < -0.39 is 5.60 Å². The second-order valence-corrected chi connectivity index (χ2v) is 11.6. The summed E-state index contributed by atoms with van der Waals surface area (Å²) in [6.07, 6.45) is 6.21. The highest BCUT2D eigenvalue weighted by molar-refractivity contribution is 7.25. The van der Waals surface area contributed by atoms with E-state index in [9.17, 15) is 5.11 Å². The Morgan fingerprint density at radius 3 is 2.16 bits per heavy atom. The first-order valence-corrected chi connectivity index (χ1v) is 12.7. The highest BCUT2D eigenvalue weighted by atomic mass is 35.5. The summed E-state index contributed by atoms with van der Waals surface area (Å²) in [6, 6.07) is 21.6. The fourth-order valence-electron chi connectivity index (χ4n) is 7.35. The molecule has 1 aromatic heterocycles. The molecule has 0 atom stereocenters. The third kappa shape index (κ3) is 2.65. The van der Waals surface area contributed by atoms with Crippen molar-refractivity contribution in [1.82, 2.24) is 0 Å². The van der Waals surface area contributed by atoms with Gasteiger partial charge in [-0.3, -0.25) is 0 Å². The number of fused-ring (bicyclic) bond motifs is 3. The summed E-state index contributed by atoms with van der Waals surface area (Å²) in [5.74, 6) is 2.52. The minimum Gasteiger partial charge on any atom is -0.385 e. The first-order valence-electron chi connectivity index (χ1n) is 11.5. The summed E-state index contributed by atoms with van der Waals surface area (Å²) in [7, 11) is 0. The van der Waals surface area contributed by atoms with Crippen LogP contribution in [0.25, 0.3) is 31.3 Å². The maximum absolute atomic E-state index is 12.2. The van der Waals surface area contributed by atoms with E-state index in [0.717, 1.165) is 22.4 Å². The molecular formula is C28H25ClOS. The molecule has 0 spiro atoms. The normalized spacial score (nSPS) is 31.7. The Balaban J connectivity index is 1.38. The molecule has 1 heterocycles. The summed E-state index contributed by atoms with van der Waals surface area (Å²) in [6.45, 7) is 0. The van der Waals surface area contributed by atoms with Gasteiger partial charge >= 0.3 is 0 Å². The predicted molar refractivity (Wildman–Crippen MR) is 131 cm³/mol. The Kier molecular flexibility index (Phi) is 3.96. The smallest absolute Gasteiger partial charge is 0.0958 e. The number of halogens is 1. The fraction of sp³-hybridized carbons (Fsp3) is 0.357. The molecule has 31 heavy (non-hydrogen) atoms. The molecule has 1 nitrogen and oxygen atoms in total. The van der Waals surface area contributed by atoms with Crippen molar-refractivity contribution in [2.45, 2.75) is 37.7 Å². The Hall–Kier alpha value is -1.87. The first-order chi connectivity index (χ1) is 15.1. The summed E-state index contributed by atoms with van der Waals surface area (Å²) in [4.78, 5) is 0. The molecule has 156 valence electrons. The molecule has 1 N–H and O–H groups in total. The van der Waals surface area contributed by atoms with Gasteiger partial charge in [0.05, 0.1) is 5.60 Å². The molecular weight excluding hydrogens is 420 g/mol. The van der Waals surface area contributed by atoms with E-state index in [1.54, 1.807) is 11.3 Å². The van der Waals surface area contributed by atoms with Crippen LogP contribution >= 0.6 is 22.9 Å². The standard InChI is InChI=1S/C28H25ClOS/c29-21-6-8-24-23-7-5-18(14-26(23)31-27(24)15-21)22-3-1-2-4-25(22)28(30)19-10-16-9-17(12-19)13-20(28)11-16/h1-8,14-17,19-20,30H,9-13H2. The zero-order valence-electron chi connectivity index (χ0n) is 17.4. The van der Waals surface area contributed by atoms with Gasteiger partial charge in [-0.05, 0) is 90.7 Å². The number of aliphatic hydroxyl groups is 1. The first kappa shape index (κ1) is 18.7. The van der Waals surface area contributed by atoms with E-state index in [0.29, 0.717) is 11.8 Å². The van der Waals surface area contributed by atoms with Gasteiger partial charge in [-0.2, -0.15) is 0 Å². The molecule has 4 fully saturated rings. The molecule has 0 aliphatic heterocycles. The maximum atomic E-state index is 12.2. The summed E-state index contributed by atoms with van der Waals surface area (Å²) < 4.78 is 2.51. The second-order valence-electron chi connectivity index (χ2n) is 10.1. The molecule has 4 saturated carbocycles. The predicted octanol–water partition coefficient (Wildman–Crippen LogP) is 8.02. The highest BCUT2D eigenvalue weighted by Gasteiger charge is 2.57. The average molecular weight is 445 g/mol. The van der Waals surface area contributed by atoms with Crippen molar-refractivity contribution in [2.75, 3.05) is 0 Å². The zero-order valence-corrected chi connectivity index (χ0v) is 18.9. The van der Waals surface area contributed by atoms with Crippen LogP contribution in [0.5, 0.6) is 0 Å². The van der Waals surface area contributed by atoms with Gasteiger partial charge in [0.2, 0.25) is 0 Å². The van der Waals surface area contributed by atoms with E-state index in [1.165, 1.54) is 63.4 Å². The summed E-state index contributed by atoms with van der Waals surface area (Å²) >= 11 is 8.04. The number of hydrogen-bond donors (Lipinski definition) is 1. The van der Waals surface area contributed by atoms with Crippen LogP contribution in [0.2, 0.25) is 5.02 Å². The number of hydrogen-bond acceptors (Lipinski definition) is 2. The topological polar surface area (TPSA) is 20.2 Å². The Morgan fingerprint density at radius 2 is 1.42 bits per heavy atom. The third-order valence-electron chi connectivity index (χ3n) is 8.49. The van der Waals surface area contributed by atoms with Gasteiger partial charge in [0.25, 0.3) is 0 Å². The van der Waals surface area contributed by atoms with Crippen molar-refractivity contribution in [2.24, 2.45) is 23.7 Å². The van der Waals surface area contributed by atoms with E-state index >= 15 is 0 Å². The van der Waals surface area contributed by atoms with Gasteiger partial charge in [-0.1, -0.05) is 54.1 Å². The quantitative estimate of drug-likeness (QED) is 0.332. The van der Waals surface area contributed by atoms with Gasteiger partial charge in [-0.15, -0.1) is 11.3 Å². The summed E-state index contributed by atoms with van der Waals surface area (Å²) in [5, 5.41) is 15.6. The van der Waals surface area contributed by atoms with Crippen LogP contribution in [-0.4, -0.2) is 5.11 Å². The van der Waals surface area contributed by atoms with Crippen LogP contribution in [0.4, 0.5) is 0 Å². The highest BCUT2D eigenvalue weighted by Crippen LogP contribution is 2.62. The lowest BCUT2D eigenvalue weighted by Crippen LogP contribution is -2.55. The Labute approximate surface area is 191 Å². The zero-order chi connectivity index (χ0) is 20.7. The number of benzene rings is 3. The van der Waals surface area contributed by atoms with Crippen molar-refractivity contribution in [3.8, 4) is 11.1 Å². The van der Waals surface area contributed by atoms with Crippen LogP contribution in [0.1, 0.15) is 37.7 Å². The molecule has 3 heteroatoms. The number of rotatable bonds is 2. The lowest BCUT2D eigenvalue weighted by molar-refractivity contribution is -0.179. The molecule has 4 aliphatic rings. The van der Waals surface area contributed by atoms with E-state index in [4.69, 9.17) is 11.6 Å². The molecule has 4 aromatic rings. The van der Waals surface area contributed by atoms with Crippen molar-refractivity contribution in [1.29, 1.82) is 0 Å². The lowest BCUT2D eigenvalue weighted by Gasteiger charge is -2.59. The largest absolute Gasteiger partial charge is 0.385 e. The van der Waals surface area contributed by atoms with Gasteiger partial charge in [-0.25, -0.2) is 0 Å². The van der Waals surface area contributed by atoms with Gasteiger partial charge in [0.15, 0.2) is 0 Å². The molecule has 4 aliphatic carbocycles.